The van der Waals surface area contributed by atoms with Crippen molar-refractivity contribution in [1.82, 2.24) is 40.8 Å². The highest BCUT2D eigenvalue weighted by molar-refractivity contribution is 5.36. The second-order valence-corrected chi connectivity index (χ2v) is 5.17. The molecule has 4 N–H and O–H groups in total. The van der Waals surface area contributed by atoms with E-state index < -0.39 is 64.1 Å². The number of hydrogen-bond acceptors (Lipinski definition) is 9. The molecule has 5 rings (SSSR count). The fourth-order valence-electron chi connectivity index (χ4n) is 1.90. The predicted octanol–water partition coefficient (Wildman–Crippen LogP) is 0.891. The summed E-state index contributed by atoms with van der Waals surface area (Å²) in [5.41, 5.74) is 5.25. The van der Waals surface area contributed by atoms with Gasteiger partial charge in [-0.3, -0.25) is 0 Å². The molecule has 0 radical (unpaired) electrons. The number of hydrogen-bond donors (Lipinski definition) is 3. The van der Waals surface area contributed by atoms with Crippen LogP contribution in [0.1, 0.15) is 41.1 Å². The number of nitrogens with one attached hydrogen (secondary N) is 2. The molecule has 2 aliphatic heterocycles. The van der Waals surface area contributed by atoms with Crippen LogP contribution in [0.4, 0.5) is 11.8 Å². The molecule has 0 saturated carbocycles. The number of nitrogen functional groups attached to an aromatic ring is 1. The molecule has 10 nitrogen and oxygen atoms in total. The Labute approximate surface area is 199 Å². The zero-order valence-corrected chi connectivity index (χ0v) is 15.5. The summed E-state index contributed by atoms with van der Waals surface area (Å²) in [6.07, 6.45) is -2.59. The standard InChI is InChI=1S/C10H13N7.C5H6N2.C5H11N/c1-2-4-12-9(3-1)17-10(13-14-15-17)16-7-5-11-6-8-16;6-5-3-1-2-4-7-5;1-2-4-6-5-3-1/h1-4,11H,5-8H2;1-4H,(H2,6,7);6H,1-5H2/i5D2,6D2,7D2,8D2;;2D2,3D2,4D2,5D2. The molecule has 160 valence electrons. The van der Waals surface area contributed by atoms with E-state index in [4.69, 9.17) is 27.7 Å². The molecular formula is C20H30N10. The van der Waals surface area contributed by atoms with Gasteiger partial charge in [0.25, 0.3) is 5.95 Å². The first kappa shape index (κ1) is 8.94. The number of piperazine rings is 1. The summed E-state index contributed by atoms with van der Waals surface area (Å²) in [7, 11) is 0. The van der Waals surface area contributed by atoms with Crippen molar-refractivity contribution in [3.8, 4) is 5.82 Å². The number of tetrazole rings is 1. The van der Waals surface area contributed by atoms with Gasteiger partial charge in [-0.25, -0.2) is 9.97 Å². The molecule has 5 heterocycles. The Morgan fingerprint density at radius 2 is 1.60 bits per heavy atom. The molecule has 0 spiro atoms. The molecule has 2 fully saturated rings. The van der Waals surface area contributed by atoms with Crippen molar-refractivity contribution in [3.05, 3.63) is 48.8 Å². The largest absolute Gasteiger partial charge is 0.384 e. The minimum atomic E-state index is -3.02. The smallest absolute Gasteiger partial charge is 0.251 e. The van der Waals surface area contributed by atoms with Crippen molar-refractivity contribution >= 4 is 11.8 Å². The highest BCUT2D eigenvalue weighted by Gasteiger charge is 2.18. The second-order valence-electron chi connectivity index (χ2n) is 5.17. The van der Waals surface area contributed by atoms with Crippen LogP contribution in [0, 0.1) is 0 Å². The molecule has 0 atom stereocenters. The molecule has 0 unspecified atom stereocenters. The molecule has 0 aliphatic carbocycles. The van der Waals surface area contributed by atoms with E-state index in [9.17, 15) is 0 Å². The molecule has 3 aromatic rings. The van der Waals surface area contributed by atoms with Crippen LogP contribution in [0.5, 0.6) is 0 Å². The van der Waals surface area contributed by atoms with Crippen molar-refractivity contribution in [1.29, 1.82) is 0 Å². The normalized spacial score (nSPS) is 37.3. The lowest BCUT2D eigenvalue weighted by molar-refractivity contribution is 0.520. The van der Waals surface area contributed by atoms with Crippen LogP contribution < -0.4 is 21.3 Å². The predicted molar refractivity (Wildman–Crippen MR) is 117 cm³/mol. The van der Waals surface area contributed by atoms with Crippen LogP contribution in [-0.2, 0) is 0 Å². The van der Waals surface area contributed by atoms with Crippen LogP contribution in [0.15, 0.2) is 48.8 Å². The first-order chi connectivity index (χ1) is 20.7. The van der Waals surface area contributed by atoms with E-state index in [1.165, 1.54) is 12.3 Å². The van der Waals surface area contributed by atoms with Crippen LogP contribution >= 0.6 is 0 Å². The summed E-state index contributed by atoms with van der Waals surface area (Å²) in [6, 6.07) is 10.1. The highest BCUT2D eigenvalue weighted by atomic mass is 15.6. The van der Waals surface area contributed by atoms with Gasteiger partial charge in [-0.2, -0.15) is 4.68 Å². The SMILES string of the molecule is Nc1ccccn1.[2H]C1([2H])CC([2H])([2H])C([2H])([2H])NC1([2H])[2H].[2H]C1([2H])NC([2H])([2H])C([2H])([2H])N(c2nnnn2-c2ccccn2)C1([2H])[2H]. The summed E-state index contributed by atoms with van der Waals surface area (Å²) < 4.78 is 123. The Morgan fingerprint density at radius 3 is 2.17 bits per heavy atom. The van der Waals surface area contributed by atoms with E-state index in [0.29, 0.717) is 5.82 Å². The number of rotatable bonds is 2. The maximum absolute atomic E-state index is 8.07. The van der Waals surface area contributed by atoms with Gasteiger partial charge >= 0.3 is 0 Å². The zero-order chi connectivity index (χ0) is 35.2. The summed E-state index contributed by atoms with van der Waals surface area (Å²) in [4.78, 5) is 8.00. The summed E-state index contributed by atoms with van der Waals surface area (Å²) >= 11 is 0. The van der Waals surface area contributed by atoms with Crippen molar-refractivity contribution in [2.24, 2.45) is 0 Å². The van der Waals surface area contributed by atoms with Gasteiger partial charge in [-0.1, -0.05) is 23.7 Å². The lowest BCUT2D eigenvalue weighted by atomic mass is 10.2. The number of nitrogens with zero attached hydrogens (tertiary/aromatic N) is 7. The minimum Gasteiger partial charge on any atom is -0.384 e. The number of nitrogens with two attached hydrogens (primary N) is 1. The van der Waals surface area contributed by atoms with Crippen molar-refractivity contribution in [2.75, 3.05) is 49.6 Å². The van der Waals surface area contributed by atoms with Crippen LogP contribution in [0.3, 0.4) is 0 Å². The lowest BCUT2D eigenvalue weighted by Gasteiger charge is -2.27. The van der Waals surface area contributed by atoms with Crippen LogP contribution in [-0.4, -0.2) is 69.2 Å². The average Bonchev–Trinajstić information content (AvgIpc) is 3.36. The Balaban J connectivity index is 0.000000228. The van der Waals surface area contributed by atoms with Gasteiger partial charge in [0.05, 0.1) is 5.48 Å². The first-order valence-corrected chi connectivity index (χ1v) is 8.48. The molecular weight excluding hydrogens is 380 g/mol. The lowest BCUT2D eigenvalue weighted by Crippen LogP contribution is -2.44. The second kappa shape index (κ2) is 12.5. The van der Waals surface area contributed by atoms with Crippen LogP contribution in [0.2, 0.25) is 0 Å². The molecule has 10 heteroatoms. The van der Waals surface area contributed by atoms with Crippen molar-refractivity contribution in [2.45, 2.75) is 19.2 Å². The maximum atomic E-state index is 8.07. The van der Waals surface area contributed by atoms with Crippen molar-refractivity contribution < 1.29 is 21.9 Å². The van der Waals surface area contributed by atoms with E-state index >= 15 is 0 Å². The highest BCUT2D eigenvalue weighted by Crippen LogP contribution is 2.13. The number of anilines is 2. The van der Waals surface area contributed by atoms with E-state index in [2.05, 4.69) is 25.5 Å². The summed E-state index contributed by atoms with van der Waals surface area (Å²) in [5.74, 6) is 0.180. The van der Waals surface area contributed by atoms with Gasteiger partial charge in [-0.05, 0) is 60.4 Å². The van der Waals surface area contributed by atoms with Gasteiger partial charge in [0.2, 0.25) is 0 Å². The minimum absolute atomic E-state index is 0.133. The van der Waals surface area contributed by atoms with E-state index in [1.54, 1.807) is 35.0 Å². The maximum Gasteiger partial charge on any atom is 0.251 e. The summed E-state index contributed by atoms with van der Waals surface area (Å²) in [6.45, 7) is -17.1. The van der Waals surface area contributed by atoms with E-state index in [-0.39, 0.29) is 10.7 Å². The first-order valence-electron chi connectivity index (χ1n) is 16.5. The zero-order valence-electron chi connectivity index (χ0n) is 31.5. The third kappa shape index (κ3) is 7.05. The Morgan fingerprint density at radius 1 is 0.900 bits per heavy atom. The molecule has 2 saturated heterocycles. The quantitative estimate of drug-likeness (QED) is 0.548. The third-order valence-corrected chi connectivity index (χ3v) is 3.15. The van der Waals surface area contributed by atoms with E-state index in [1.807, 2.05) is 12.1 Å². The molecule has 30 heavy (non-hydrogen) atoms. The molecule has 3 aromatic heterocycles. The summed E-state index contributed by atoms with van der Waals surface area (Å²) in [5, 5.41) is 14.1. The van der Waals surface area contributed by atoms with Gasteiger partial charge in [0, 0.05) is 54.8 Å². The number of aromatic nitrogens is 6. The van der Waals surface area contributed by atoms with E-state index in [0.717, 1.165) is 4.68 Å². The number of pyridine rings is 2. The fourth-order valence-corrected chi connectivity index (χ4v) is 1.90. The molecule has 2 aliphatic rings. The Kier molecular flexibility index (Phi) is 3.71. The van der Waals surface area contributed by atoms with Gasteiger partial charge < -0.3 is 21.3 Å². The van der Waals surface area contributed by atoms with Crippen LogP contribution in [0.25, 0.3) is 5.82 Å². The monoisotopic (exact) mass is 426 g/mol. The Hall–Kier alpha value is -3.11. The Bertz CT molecular complexity index is 1390. The molecule has 0 bridgehead atoms. The van der Waals surface area contributed by atoms with Crippen molar-refractivity contribution in [3.63, 3.8) is 0 Å². The third-order valence-electron chi connectivity index (χ3n) is 3.15. The van der Waals surface area contributed by atoms with Gasteiger partial charge in [0.1, 0.15) is 5.82 Å². The topological polar surface area (TPSA) is 123 Å². The molecule has 0 amide bonds. The van der Waals surface area contributed by atoms with Gasteiger partial charge in [0.15, 0.2) is 5.82 Å². The number of piperidine rings is 1. The van der Waals surface area contributed by atoms with Gasteiger partial charge in [-0.15, -0.1) is 0 Å². The molecule has 0 aromatic carbocycles. The average molecular weight is 427 g/mol. The fraction of sp³-hybridized carbons (Fsp3) is 0.450.